The molecule has 1 saturated heterocycles. The second-order valence-corrected chi connectivity index (χ2v) is 7.24. The van der Waals surface area contributed by atoms with Crippen LogP contribution in [0.3, 0.4) is 0 Å². The van der Waals surface area contributed by atoms with Gasteiger partial charge in [0.05, 0.1) is 11.3 Å². The number of anilines is 1. The van der Waals surface area contributed by atoms with Crippen LogP contribution in [0.4, 0.5) is 5.13 Å². The molecule has 3 heterocycles. The number of carbonyl (C=O) groups excluding carboxylic acids is 1. The van der Waals surface area contributed by atoms with Crippen LogP contribution >= 0.6 is 11.3 Å². The Labute approximate surface area is 140 Å². The van der Waals surface area contributed by atoms with Gasteiger partial charge in [-0.15, -0.1) is 11.3 Å². The van der Waals surface area contributed by atoms with Gasteiger partial charge in [-0.25, -0.2) is 4.98 Å². The van der Waals surface area contributed by atoms with E-state index in [0.717, 1.165) is 37.0 Å². The van der Waals surface area contributed by atoms with Gasteiger partial charge in [0.25, 0.3) is 5.91 Å². The van der Waals surface area contributed by atoms with E-state index in [1.54, 1.807) is 13.0 Å². The number of aromatic nitrogens is 1. The fourth-order valence-corrected chi connectivity index (χ4v) is 3.60. The molecule has 1 aliphatic heterocycles. The maximum absolute atomic E-state index is 12.3. The Hall–Kier alpha value is -1.66. The zero-order valence-corrected chi connectivity index (χ0v) is 14.7. The Kier molecular flexibility index (Phi) is 4.82. The summed E-state index contributed by atoms with van der Waals surface area (Å²) in [5.74, 6) is 2.05. The first kappa shape index (κ1) is 16.2. The van der Waals surface area contributed by atoms with Crippen LogP contribution in [0.5, 0.6) is 0 Å². The van der Waals surface area contributed by atoms with Gasteiger partial charge in [-0.3, -0.25) is 15.0 Å². The number of aryl methyl sites for hydroxylation is 2. The minimum atomic E-state index is -0.160. The van der Waals surface area contributed by atoms with Gasteiger partial charge in [0.2, 0.25) is 0 Å². The highest BCUT2D eigenvalue weighted by molar-refractivity contribution is 7.13. The van der Waals surface area contributed by atoms with E-state index in [0.29, 0.717) is 16.5 Å². The van der Waals surface area contributed by atoms with E-state index >= 15 is 0 Å². The van der Waals surface area contributed by atoms with Crippen molar-refractivity contribution in [2.45, 2.75) is 40.2 Å². The van der Waals surface area contributed by atoms with E-state index in [-0.39, 0.29) is 5.91 Å². The van der Waals surface area contributed by atoms with Crippen LogP contribution in [0.2, 0.25) is 0 Å². The number of carbonyl (C=O) groups is 1. The lowest BCUT2D eigenvalue weighted by Crippen LogP contribution is -2.32. The summed E-state index contributed by atoms with van der Waals surface area (Å²) in [5, 5.41) is 5.54. The molecular formula is C17H23N3O2S. The first-order valence-electron chi connectivity index (χ1n) is 8.06. The topological polar surface area (TPSA) is 58.4 Å². The monoisotopic (exact) mass is 333 g/mol. The smallest absolute Gasteiger partial charge is 0.260 e. The van der Waals surface area contributed by atoms with Crippen LogP contribution in [0.25, 0.3) is 0 Å². The van der Waals surface area contributed by atoms with Gasteiger partial charge in [-0.2, -0.15) is 0 Å². The average Bonchev–Trinajstić information content (AvgIpc) is 3.07. The molecule has 0 bridgehead atoms. The molecule has 23 heavy (non-hydrogen) atoms. The molecular weight excluding hydrogens is 310 g/mol. The number of piperidine rings is 1. The summed E-state index contributed by atoms with van der Waals surface area (Å²) < 4.78 is 5.40. The van der Waals surface area contributed by atoms with Gasteiger partial charge in [-0.05, 0) is 51.8 Å². The molecule has 6 heteroatoms. The Balaban J connectivity index is 1.59. The van der Waals surface area contributed by atoms with Crippen LogP contribution in [-0.2, 0) is 6.54 Å². The third-order valence-corrected chi connectivity index (χ3v) is 5.13. The standard InChI is InChI=1S/C17H23N3O2S/c1-11-4-6-20(7-5-11)9-14-10-23-17(18-14)19-16(21)15-8-12(2)22-13(15)3/h8,10-11H,4-7,9H2,1-3H3,(H,18,19,21). The maximum atomic E-state index is 12.3. The van der Waals surface area contributed by atoms with Crippen LogP contribution in [0.1, 0.15) is 47.3 Å². The Morgan fingerprint density at radius 2 is 2.17 bits per heavy atom. The number of hydrogen-bond donors (Lipinski definition) is 1. The summed E-state index contributed by atoms with van der Waals surface area (Å²) in [4.78, 5) is 19.2. The lowest BCUT2D eigenvalue weighted by atomic mass is 9.99. The molecule has 0 spiro atoms. The number of amides is 1. The highest BCUT2D eigenvalue weighted by Gasteiger charge is 2.18. The lowest BCUT2D eigenvalue weighted by Gasteiger charge is -2.29. The van der Waals surface area contributed by atoms with Crippen molar-refractivity contribution in [2.75, 3.05) is 18.4 Å². The van der Waals surface area contributed by atoms with Crippen molar-refractivity contribution in [1.29, 1.82) is 0 Å². The van der Waals surface area contributed by atoms with Crippen LogP contribution in [0, 0.1) is 19.8 Å². The molecule has 1 amide bonds. The fourth-order valence-electron chi connectivity index (χ4n) is 2.91. The quantitative estimate of drug-likeness (QED) is 0.923. The van der Waals surface area contributed by atoms with E-state index in [1.807, 2.05) is 12.3 Å². The molecule has 2 aromatic rings. The molecule has 0 atom stereocenters. The number of thiazole rings is 1. The van der Waals surface area contributed by atoms with Gasteiger partial charge in [0.15, 0.2) is 5.13 Å². The predicted octanol–water partition coefficient (Wildman–Crippen LogP) is 3.84. The third kappa shape index (κ3) is 4.00. The van der Waals surface area contributed by atoms with Gasteiger partial charge in [-0.1, -0.05) is 6.92 Å². The van der Waals surface area contributed by atoms with Crippen molar-refractivity contribution in [3.05, 3.63) is 34.2 Å². The third-order valence-electron chi connectivity index (χ3n) is 4.32. The molecule has 124 valence electrons. The number of furan rings is 1. The maximum Gasteiger partial charge on any atom is 0.260 e. The Morgan fingerprint density at radius 3 is 2.83 bits per heavy atom. The summed E-state index contributed by atoms with van der Waals surface area (Å²) in [7, 11) is 0. The molecule has 0 aromatic carbocycles. The second-order valence-electron chi connectivity index (χ2n) is 6.38. The second kappa shape index (κ2) is 6.84. The van der Waals surface area contributed by atoms with E-state index in [4.69, 9.17) is 4.42 Å². The highest BCUT2D eigenvalue weighted by Crippen LogP contribution is 2.22. The number of nitrogens with zero attached hydrogens (tertiary/aromatic N) is 2. The molecule has 3 rings (SSSR count). The normalized spacial score (nSPS) is 16.7. The summed E-state index contributed by atoms with van der Waals surface area (Å²) in [6, 6.07) is 1.76. The van der Waals surface area contributed by atoms with Crippen molar-refractivity contribution in [1.82, 2.24) is 9.88 Å². The summed E-state index contributed by atoms with van der Waals surface area (Å²) in [6.07, 6.45) is 2.51. The van der Waals surface area contributed by atoms with Gasteiger partial charge in [0.1, 0.15) is 11.5 Å². The fraction of sp³-hybridized carbons (Fsp3) is 0.529. The average molecular weight is 333 g/mol. The van der Waals surface area contributed by atoms with E-state index in [9.17, 15) is 4.79 Å². The zero-order chi connectivity index (χ0) is 16.4. The number of nitrogens with one attached hydrogen (secondary N) is 1. The molecule has 0 radical (unpaired) electrons. The van der Waals surface area contributed by atoms with Crippen molar-refractivity contribution < 1.29 is 9.21 Å². The first-order valence-corrected chi connectivity index (χ1v) is 8.94. The van der Waals surface area contributed by atoms with Crippen molar-refractivity contribution in [3.63, 3.8) is 0 Å². The molecule has 1 N–H and O–H groups in total. The zero-order valence-electron chi connectivity index (χ0n) is 13.9. The van der Waals surface area contributed by atoms with Crippen LogP contribution in [-0.4, -0.2) is 28.9 Å². The molecule has 1 fully saturated rings. The number of hydrogen-bond acceptors (Lipinski definition) is 5. The van der Waals surface area contributed by atoms with Crippen molar-refractivity contribution >= 4 is 22.4 Å². The van der Waals surface area contributed by atoms with Gasteiger partial charge < -0.3 is 4.42 Å². The molecule has 1 aliphatic rings. The summed E-state index contributed by atoms with van der Waals surface area (Å²) in [6.45, 7) is 9.08. The van der Waals surface area contributed by atoms with Crippen molar-refractivity contribution in [2.24, 2.45) is 5.92 Å². The van der Waals surface area contributed by atoms with Crippen LogP contribution < -0.4 is 5.32 Å². The summed E-state index contributed by atoms with van der Waals surface area (Å²) in [5.41, 5.74) is 1.60. The molecule has 0 unspecified atom stereocenters. The highest BCUT2D eigenvalue weighted by atomic mass is 32.1. The minimum absolute atomic E-state index is 0.160. The van der Waals surface area contributed by atoms with E-state index < -0.39 is 0 Å². The predicted molar refractivity (Wildman–Crippen MR) is 91.9 cm³/mol. The molecule has 2 aromatic heterocycles. The molecule has 0 saturated carbocycles. The number of rotatable bonds is 4. The Bertz CT molecular complexity index is 684. The lowest BCUT2D eigenvalue weighted by molar-refractivity contribution is 0.102. The molecule has 5 nitrogen and oxygen atoms in total. The minimum Gasteiger partial charge on any atom is -0.466 e. The van der Waals surface area contributed by atoms with E-state index in [2.05, 4.69) is 22.1 Å². The van der Waals surface area contributed by atoms with Gasteiger partial charge >= 0.3 is 0 Å². The van der Waals surface area contributed by atoms with Crippen molar-refractivity contribution in [3.8, 4) is 0 Å². The van der Waals surface area contributed by atoms with Gasteiger partial charge in [0, 0.05) is 11.9 Å². The Morgan fingerprint density at radius 1 is 1.43 bits per heavy atom. The largest absolute Gasteiger partial charge is 0.466 e. The van der Waals surface area contributed by atoms with Crippen LogP contribution in [0.15, 0.2) is 15.9 Å². The first-order chi connectivity index (χ1) is 11.0. The van der Waals surface area contributed by atoms with E-state index in [1.165, 1.54) is 24.2 Å². The number of likely N-dealkylation sites (tertiary alicyclic amines) is 1. The summed E-state index contributed by atoms with van der Waals surface area (Å²) >= 11 is 1.47. The molecule has 0 aliphatic carbocycles. The SMILES string of the molecule is Cc1cc(C(=O)Nc2nc(CN3CCC(C)CC3)cs2)c(C)o1.